The van der Waals surface area contributed by atoms with Crippen molar-refractivity contribution < 1.29 is 23.8 Å². The largest absolute Gasteiger partial charge is 0.503 e. The highest BCUT2D eigenvalue weighted by Gasteiger charge is 2.46. The Morgan fingerprint density at radius 2 is 1.74 bits per heavy atom. The first-order chi connectivity index (χ1) is 20.5. The summed E-state index contributed by atoms with van der Waals surface area (Å²) in [6.07, 6.45) is 1.37. The van der Waals surface area contributed by atoms with Gasteiger partial charge in [0.25, 0.3) is 5.91 Å². The third-order valence-corrected chi connectivity index (χ3v) is 8.85. The normalized spacial score (nSPS) is 14.9. The van der Waals surface area contributed by atoms with Crippen molar-refractivity contribution in [2.45, 2.75) is 29.7 Å². The molecule has 210 valence electrons. The molecule has 10 heteroatoms. The maximum absolute atomic E-state index is 13.5. The number of hydrogen-bond acceptors (Lipinski definition) is 9. The molecule has 6 rings (SSSR count). The van der Waals surface area contributed by atoms with Crippen molar-refractivity contribution in [2.75, 3.05) is 4.90 Å². The van der Waals surface area contributed by atoms with Crippen molar-refractivity contribution in [3.8, 4) is 5.75 Å². The van der Waals surface area contributed by atoms with Gasteiger partial charge in [0.05, 0.1) is 17.9 Å². The van der Waals surface area contributed by atoms with Crippen LogP contribution >= 0.6 is 23.1 Å². The van der Waals surface area contributed by atoms with Crippen molar-refractivity contribution in [2.24, 2.45) is 0 Å². The van der Waals surface area contributed by atoms with Crippen molar-refractivity contribution in [1.29, 1.82) is 0 Å². The second-order valence-electron chi connectivity index (χ2n) is 9.61. The maximum Gasteiger partial charge on any atom is 0.296 e. The van der Waals surface area contributed by atoms with Crippen LogP contribution < -0.4 is 9.64 Å². The molecular formula is C32H25N3O5S2. The number of ketones is 1. The molecular weight excluding hydrogens is 571 g/mol. The van der Waals surface area contributed by atoms with Gasteiger partial charge >= 0.3 is 0 Å². The molecule has 1 atom stereocenters. The van der Waals surface area contributed by atoms with Gasteiger partial charge in [-0.3, -0.25) is 14.5 Å². The van der Waals surface area contributed by atoms with Gasteiger partial charge < -0.3 is 14.3 Å². The molecule has 0 saturated carbocycles. The van der Waals surface area contributed by atoms with E-state index in [0.29, 0.717) is 28.0 Å². The first-order valence-electron chi connectivity index (χ1n) is 13.1. The van der Waals surface area contributed by atoms with Gasteiger partial charge in [-0.05, 0) is 47.9 Å². The van der Waals surface area contributed by atoms with Gasteiger partial charge in [0.15, 0.2) is 15.9 Å². The minimum Gasteiger partial charge on any atom is -0.503 e. The first-order valence-corrected chi connectivity index (χ1v) is 14.9. The molecule has 0 fully saturated rings. The number of furan rings is 1. The van der Waals surface area contributed by atoms with Crippen LogP contribution in [0.25, 0.3) is 0 Å². The number of anilines is 1. The number of carbonyl (C=O) groups is 2. The van der Waals surface area contributed by atoms with Crippen molar-refractivity contribution in [3.63, 3.8) is 0 Å². The van der Waals surface area contributed by atoms with Crippen LogP contribution in [0.3, 0.4) is 0 Å². The molecule has 0 bridgehead atoms. The van der Waals surface area contributed by atoms with E-state index in [1.54, 1.807) is 30.3 Å². The lowest BCUT2D eigenvalue weighted by molar-refractivity contribution is -0.117. The molecule has 1 N–H and O–H groups in total. The number of aromatic nitrogens is 2. The average molecular weight is 596 g/mol. The number of aliphatic hydroxyl groups excluding tert-OH is 1. The standard InChI is InChI=1S/C32H25N3O5S2/c1-20-9-11-22(12-10-20)19-41-32-34-33-31(42-32)35-27(26(29(37)30(35)38)28(36)25-8-5-17-39-25)23-13-15-24(16-14-23)40-18-21-6-3-2-4-7-21/h2-17,27,37H,18-19H2,1H3. The molecule has 3 aromatic carbocycles. The number of ether oxygens (including phenoxy) is 1. The molecule has 1 unspecified atom stereocenters. The predicted octanol–water partition coefficient (Wildman–Crippen LogP) is 7.09. The van der Waals surface area contributed by atoms with Gasteiger partial charge in [-0.25, -0.2) is 0 Å². The number of carbonyl (C=O) groups excluding carboxylic acids is 2. The summed E-state index contributed by atoms with van der Waals surface area (Å²) in [4.78, 5) is 28.3. The Hall–Kier alpha value is -4.67. The molecule has 5 aromatic rings. The van der Waals surface area contributed by atoms with Gasteiger partial charge in [0, 0.05) is 5.75 Å². The van der Waals surface area contributed by atoms with Gasteiger partial charge in [0.2, 0.25) is 10.9 Å². The van der Waals surface area contributed by atoms with Crippen LogP contribution in [0, 0.1) is 6.92 Å². The third-order valence-electron chi connectivity index (χ3n) is 6.73. The van der Waals surface area contributed by atoms with Crippen LogP contribution in [-0.4, -0.2) is 27.0 Å². The second-order valence-corrected chi connectivity index (χ2v) is 11.8. The van der Waals surface area contributed by atoms with E-state index < -0.39 is 23.5 Å². The number of nitrogens with zero attached hydrogens (tertiary/aromatic N) is 3. The summed E-state index contributed by atoms with van der Waals surface area (Å²) >= 11 is 2.73. The lowest BCUT2D eigenvalue weighted by Crippen LogP contribution is -2.31. The fraction of sp³-hybridized carbons (Fsp3) is 0.125. The summed E-state index contributed by atoms with van der Waals surface area (Å²) in [6.45, 7) is 2.43. The molecule has 0 radical (unpaired) electrons. The maximum atomic E-state index is 13.5. The van der Waals surface area contributed by atoms with Gasteiger partial charge in [-0.2, -0.15) is 0 Å². The zero-order chi connectivity index (χ0) is 29.1. The van der Waals surface area contributed by atoms with Gasteiger partial charge in [-0.1, -0.05) is 95.4 Å². The number of amides is 1. The topological polar surface area (TPSA) is 106 Å². The first kappa shape index (κ1) is 27.5. The van der Waals surface area contributed by atoms with E-state index in [0.717, 1.165) is 11.1 Å². The van der Waals surface area contributed by atoms with Crippen LogP contribution in [-0.2, 0) is 17.2 Å². The Labute approximate surface area is 250 Å². The molecule has 2 aromatic heterocycles. The van der Waals surface area contributed by atoms with E-state index in [-0.39, 0.29) is 16.5 Å². The summed E-state index contributed by atoms with van der Waals surface area (Å²) in [6, 6.07) is 27.3. The molecule has 0 aliphatic carbocycles. The van der Waals surface area contributed by atoms with Crippen molar-refractivity contribution in [3.05, 3.63) is 137 Å². The quantitative estimate of drug-likeness (QED) is 0.104. The van der Waals surface area contributed by atoms with Crippen LogP contribution in [0.15, 0.2) is 117 Å². The smallest absolute Gasteiger partial charge is 0.296 e. The Morgan fingerprint density at radius 1 is 0.976 bits per heavy atom. The van der Waals surface area contributed by atoms with E-state index in [4.69, 9.17) is 9.15 Å². The van der Waals surface area contributed by atoms with Crippen molar-refractivity contribution >= 4 is 39.9 Å². The van der Waals surface area contributed by atoms with Crippen LogP contribution in [0.1, 0.15) is 38.9 Å². The molecule has 42 heavy (non-hydrogen) atoms. The molecule has 8 nitrogen and oxygen atoms in total. The Bertz CT molecular complexity index is 1730. The second kappa shape index (κ2) is 12.1. The highest BCUT2D eigenvalue weighted by atomic mass is 32.2. The number of thioether (sulfide) groups is 1. The number of Topliss-reactive ketones (excluding diaryl/α,β-unsaturated/α-hetero) is 1. The molecule has 3 heterocycles. The Morgan fingerprint density at radius 3 is 2.45 bits per heavy atom. The summed E-state index contributed by atoms with van der Waals surface area (Å²) in [5, 5.41) is 19.8. The van der Waals surface area contributed by atoms with E-state index in [1.165, 1.54) is 45.9 Å². The Kier molecular flexibility index (Phi) is 7.89. The fourth-order valence-electron chi connectivity index (χ4n) is 4.57. The third kappa shape index (κ3) is 5.72. The fourth-order valence-corrected chi connectivity index (χ4v) is 6.39. The number of aryl methyl sites for hydroxylation is 1. The van der Waals surface area contributed by atoms with E-state index >= 15 is 0 Å². The summed E-state index contributed by atoms with van der Waals surface area (Å²) in [5.41, 5.74) is 3.86. The molecule has 1 aliphatic heterocycles. The number of aliphatic hydroxyl groups is 1. The number of rotatable bonds is 10. The van der Waals surface area contributed by atoms with E-state index in [1.807, 2.05) is 37.3 Å². The zero-order valence-electron chi connectivity index (χ0n) is 22.5. The predicted molar refractivity (Wildman–Crippen MR) is 161 cm³/mol. The van der Waals surface area contributed by atoms with Crippen LogP contribution in [0.2, 0.25) is 0 Å². The Balaban J connectivity index is 1.28. The number of benzene rings is 3. The SMILES string of the molecule is Cc1ccc(CSc2nnc(N3C(=O)C(O)=C(C(=O)c4ccco4)C3c3ccc(OCc4ccccc4)cc3)s2)cc1. The summed E-state index contributed by atoms with van der Waals surface area (Å²) in [7, 11) is 0. The van der Waals surface area contributed by atoms with Gasteiger partial charge in [-0.15, -0.1) is 10.2 Å². The molecule has 0 saturated heterocycles. The summed E-state index contributed by atoms with van der Waals surface area (Å²) in [5.74, 6) is -0.633. The highest BCUT2D eigenvalue weighted by molar-refractivity contribution is 8.00. The van der Waals surface area contributed by atoms with Gasteiger partial charge in [0.1, 0.15) is 12.4 Å². The lowest BCUT2D eigenvalue weighted by Gasteiger charge is -2.24. The molecule has 1 amide bonds. The minimum atomic E-state index is -0.943. The van der Waals surface area contributed by atoms with Crippen LogP contribution in [0.5, 0.6) is 5.75 Å². The van der Waals surface area contributed by atoms with E-state index in [9.17, 15) is 14.7 Å². The van der Waals surface area contributed by atoms with E-state index in [2.05, 4.69) is 34.5 Å². The summed E-state index contributed by atoms with van der Waals surface area (Å²) < 4.78 is 11.9. The lowest BCUT2D eigenvalue weighted by atomic mass is 9.95. The molecule has 1 aliphatic rings. The number of hydrogen-bond donors (Lipinski definition) is 1. The minimum absolute atomic E-state index is 0.0191. The highest BCUT2D eigenvalue weighted by Crippen LogP contribution is 2.44. The van der Waals surface area contributed by atoms with Crippen LogP contribution in [0.4, 0.5) is 5.13 Å². The monoisotopic (exact) mass is 595 g/mol. The molecule has 0 spiro atoms. The van der Waals surface area contributed by atoms with Crippen molar-refractivity contribution in [1.82, 2.24) is 10.2 Å². The zero-order valence-corrected chi connectivity index (χ0v) is 24.1. The average Bonchev–Trinajstić information content (AvgIpc) is 3.77.